The molecule has 9 nitrogen and oxygen atoms in total. The van der Waals surface area contributed by atoms with Gasteiger partial charge in [-0.25, -0.2) is 4.57 Å². The van der Waals surface area contributed by atoms with Crippen LogP contribution in [-0.2, 0) is 32.5 Å². The number of rotatable bonds is 6. The van der Waals surface area contributed by atoms with Gasteiger partial charge in [-0.2, -0.15) is 0 Å². The normalized spacial score (nSPS) is 32.3. The minimum atomic E-state index is -3.83. The molecule has 0 aromatic heterocycles. The van der Waals surface area contributed by atoms with Gasteiger partial charge in [-0.3, -0.25) is 23.2 Å². The van der Waals surface area contributed by atoms with E-state index in [1.165, 1.54) is 0 Å². The number of carbonyl (C=O) groups is 2. The molecule has 1 amide bonds. The number of hydrogen-bond donors (Lipinski definition) is 2. The van der Waals surface area contributed by atoms with Gasteiger partial charge in [0.05, 0.1) is 20.1 Å². The fourth-order valence-electron chi connectivity index (χ4n) is 2.45. The fraction of sp³-hybridized carbons (Fsp3) is 0.786. The van der Waals surface area contributed by atoms with E-state index in [1.54, 1.807) is 13.8 Å². The van der Waals surface area contributed by atoms with Gasteiger partial charge in [-0.15, -0.1) is 0 Å². The molecular formula is C14H24N2O7P. The number of hydrogen-bond acceptors (Lipinski definition) is 8. The maximum absolute atomic E-state index is 12.3. The molecule has 0 saturated carbocycles. The monoisotopic (exact) mass is 363 g/mol. The smallest absolute Gasteiger partial charge is 0.461 e. The van der Waals surface area contributed by atoms with Gasteiger partial charge in [0.2, 0.25) is 5.91 Å². The number of phosphoric ester groups is 1. The predicted octanol–water partition coefficient (Wildman–Crippen LogP) is 0.756. The van der Waals surface area contributed by atoms with Crippen molar-refractivity contribution in [3.8, 4) is 0 Å². The lowest BCUT2D eigenvalue weighted by molar-refractivity contribution is -0.148. The van der Waals surface area contributed by atoms with E-state index in [-0.39, 0.29) is 31.6 Å². The Labute approximate surface area is 141 Å². The summed E-state index contributed by atoms with van der Waals surface area (Å²) in [4.78, 5) is 24.0. The van der Waals surface area contributed by atoms with E-state index >= 15 is 0 Å². The minimum absolute atomic E-state index is 0.0224. The minimum Gasteiger partial charge on any atom is -0.461 e. The van der Waals surface area contributed by atoms with Crippen LogP contribution in [0.2, 0.25) is 0 Å². The molecule has 137 valence electrons. The summed E-state index contributed by atoms with van der Waals surface area (Å²) in [6, 6.07) is 0. The second kappa shape index (κ2) is 7.93. The summed E-state index contributed by atoms with van der Waals surface area (Å²) in [6.45, 7) is 5.09. The third kappa shape index (κ3) is 5.00. The first-order chi connectivity index (χ1) is 11.3. The van der Waals surface area contributed by atoms with E-state index in [2.05, 4.69) is 22.3 Å². The molecule has 0 aromatic rings. The van der Waals surface area contributed by atoms with E-state index in [0.717, 1.165) is 13.0 Å². The number of carbonyl (C=O) groups excluding carboxylic acids is 2. The van der Waals surface area contributed by atoms with Crippen molar-refractivity contribution in [1.82, 2.24) is 10.6 Å². The summed E-state index contributed by atoms with van der Waals surface area (Å²) in [5.74, 6) is -0.862. The van der Waals surface area contributed by atoms with Crippen LogP contribution in [0.5, 0.6) is 0 Å². The molecule has 0 aliphatic carbocycles. The van der Waals surface area contributed by atoms with Crippen LogP contribution in [0, 0.1) is 12.5 Å². The summed E-state index contributed by atoms with van der Waals surface area (Å²) < 4.78 is 31.9. The zero-order valence-electron chi connectivity index (χ0n) is 13.9. The second-order valence-electron chi connectivity index (χ2n) is 6.47. The zero-order chi connectivity index (χ0) is 17.8. The Morgan fingerprint density at radius 3 is 2.83 bits per heavy atom. The van der Waals surface area contributed by atoms with Crippen molar-refractivity contribution >= 4 is 19.7 Å². The van der Waals surface area contributed by atoms with Crippen LogP contribution in [0.4, 0.5) is 0 Å². The maximum atomic E-state index is 12.3. The van der Waals surface area contributed by atoms with Gasteiger partial charge in [-0.05, 0) is 13.0 Å². The maximum Gasteiger partial charge on any atom is 0.475 e. The summed E-state index contributed by atoms with van der Waals surface area (Å²) in [5.41, 5.74) is -0.702. The van der Waals surface area contributed by atoms with Crippen LogP contribution in [0.25, 0.3) is 0 Å². The molecule has 2 rings (SSSR count). The Kier molecular flexibility index (Phi) is 6.39. The third-order valence-corrected chi connectivity index (χ3v) is 5.11. The summed E-state index contributed by atoms with van der Waals surface area (Å²) in [5, 5.41) is 5.69. The largest absolute Gasteiger partial charge is 0.475 e. The van der Waals surface area contributed by atoms with Gasteiger partial charge in [0.1, 0.15) is 6.10 Å². The molecule has 10 heteroatoms. The Hall–Kier alpha value is -0.990. The van der Waals surface area contributed by atoms with E-state index in [0.29, 0.717) is 6.54 Å². The Balaban J connectivity index is 1.79. The number of esters is 1. The highest BCUT2D eigenvalue weighted by Crippen LogP contribution is 2.56. The molecule has 0 aromatic carbocycles. The third-order valence-electron chi connectivity index (χ3n) is 3.88. The molecule has 2 heterocycles. The topological polar surface area (TPSA) is 112 Å². The van der Waals surface area contributed by atoms with Crippen LogP contribution >= 0.6 is 7.82 Å². The first-order valence-corrected chi connectivity index (χ1v) is 9.26. The SMILES string of the molecule is [CH2]OP1(=O)OCC(C)(C)[C@H](C(=O)NCCC(=O)OC2CCNC2)O1. The Morgan fingerprint density at radius 1 is 1.46 bits per heavy atom. The molecular weight excluding hydrogens is 339 g/mol. The Bertz CT molecular complexity index is 519. The lowest BCUT2D eigenvalue weighted by Crippen LogP contribution is -2.49. The van der Waals surface area contributed by atoms with E-state index in [4.69, 9.17) is 13.8 Å². The molecule has 2 aliphatic heterocycles. The molecule has 2 aliphatic rings. The fourth-order valence-corrected chi connectivity index (χ4v) is 3.77. The molecule has 3 atom stereocenters. The predicted molar refractivity (Wildman–Crippen MR) is 83.6 cm³/mol. The first kappa shape index (κ1) is 19.3. The first-order valence-electron chi connectivity index (χ1n) is 7.80. The quantitative estimate of drug-likeness (QED) is 0.525. The number of nitrogens with one attached hydrogen (secondary N) is 2. The van der Waals surface area contributed by atoms with E-state index < -0.39 is 25.2 Å². The Morgan fingerprint density at radius 2 is 2.21 bits per heavy atom. The van der Waals surface area contributed by atoms with Crippen LogP contribution in [-0.4, -0.2) is 50.3 Å². The standard InChI is InChI=1S/C14H24N2O7P/c1-14(2)9-21-24(19,20-3)23-12(14)13(18)16-7-5-11(17)22-10-4-6-15-8-10/h10,12,15H,3-9H2,1-2H3,(H,16,18)/t10?,12-,24?/m0/s1. The lowest BCUT2D eigenvalue weighted by Gasteiger charge is -2.38. The van der Waals surface area contributed by atoms with Crippen molar-refractivity contribution in [1.29, 1.82) is 0 Å². The van der Waals surface area contributed by atoms with Gasteiger partial charge < -0.3 is 15.4 Å². The van der Waals surface area contributed by atoms with Crippen LogP contribution in [0.1, 0.15) is 26.7 Å². The summed E-state index contributed by atoms with van der Waals surface area (Å²) >= 11 is 0. The summed E-state index contributed by atoms with van der Waals surface area (Å²) in [7, 11) is -0.781. The number of amides is 1. The molecule has 1 radical (unpaired) electrons. The molecule has 24 heavy (non-hydrogen) atoms. The molecule has 2 unspecified atom stereocenters. The van der Waals surface area contributed by atoms with Gasteiger partial charge in [-0.1, -0.05) is 13.8 Å². The van der Waals surface area contributed by atoms with Crippen molar-refractivity contribution in [2.45, 2.75) is 38.9 Å². The van der Waals surface area contributed by atoms with E-state index in [9.17, 15) is 14.2 Å². The van der Waals surface area contributed by atoms with Crippen molar-refractivity contribution in [2.75, 3.05) is 26.2 Å². The van der Waals surface area contributed by atoms with Crippen molar-refractivity contribution in [2.24, 2.45) is 5.41 Å². The van der Waals surface area contributed by atoms with Crippen LogP contribution < -0.4 is 10.6 Å². The van der Waals surface area contributed by atoms with Gasteiger partial charge in [0, 0.05) is 18.5 Å². The van der Waals surface area contributed by atoms with Gasteiger partial charge in [0.25, 0.3) is 0 Å². The van der Waals surface area contributed by atoms with Gasteiger partial charge >= 0.3 is 13.8 Å². The van der Waals surface area contributed by atoms with Crippen LogP contribution in [0.3, 0.4) is 0 Å². The van der Waals surface area contributed by atoms with Crippen LogP contribution in [0.15, 0.2) is 0 Å². The van der Waals surface area contributed by atoms with Crippen molar-refractivity contribution in [3.63, 3.8) is 0 Å². The van der Waals surface area contributed by atoms with Crippen molar-refractivity contribution < 1.29 is 32.5 Å². The van der Waals surface area contributed by atoms with Gasteiger partial charge in [0.15, 0.2) is 6.10 Å². The molecule has 0 spiro atoms. The number of ether oxygens (including phenoxy) is 1. The molecule has 2 N–H and O–H groups in total. The summed E-state index contributed by atoms with van der Waals surface area (Å²) in [6.07, 6.45) is -0.294. The zero-order valence-corrected chi connectivity index (χ0v) is 14.8. The second-order valence-corrected chi connectivity index (χ2v) is 8.09. The highest BCUT2D eigenvalue weighted by atomic mass is 31.2. The molecule has 2 saturated heterocycles. The molecule has 0 bridgehead atoms. The molecule has 2 fully saturated rings. The average molecular weight is 363 g/mol. The highest BCUT2D eigenvalue weighted by molar-refractivity contribution is 7.48. The average Bonchev–Trinajstić information content (AvgIpc) is 3.02. The van der Waals surface area contributed by atoms with E-state index in [1.807, 2.05) is 0 Å². The van der Waals surface area contributed by atoms with Crippen molar-refractivity contribution in [3.05, 3.63) is 7.11 Å². The highest BCUT2D eigenvalue weighted by Gasteiger charge is 2.48. The number of phosphoric acid groups is 1. The lowest BCUT2D eigenvalue weighted by atomic mass is 9.87.